The molecule has 4 aromatic rings. The Labute approximate surface area is 280 Å². The molecule has 1 saturated carbocycles. The standard InChI is InChI=1S/C45H44N2/c1-3-14-35(15-4-2)42-32-43(47-44(46-42)37-17-7-5-8-18-37)36-24-28-39(29-25-36)45(30-11-6-12-31-45)38-26-22-34(23-27-38)41-21-13-19-33-16-9-10-20-40(33)41/h3-4,7,9-10,14-18,20-29,32H,1,5-6,8,11-13,19,30-31H2,2H3/b15-4-,35-14+. The first kappa shape index (κ1) is 30.8. The van der Waals surface area contributed by atoms with Crippen LogP contribution in [0, 0.1) is 0 Å². The molecule has 0 bridgehead atoms. The minimum absolute atomic E-state index is 0.0274. The Hall–Kier alpha value is -4.82. The van der Waals surface area contributed by atoms with E-state index >= 15 is 0 Å². The van der Waals surface area contributed by atoms with E-state index in [-0.39, 0.29) is 5.41 Å². The first-order valence-corrected chi connectivity index (χ1v) is 17.4. The van der Waals surface area contributed by atoms with Crippen LogP contribution in [0.15, 0.2) is 134 Å². The van der Waals surface area contributed by atoms with Crippen LogP contribution in [0.25, 0.3) is 28.0 Å². The summed E-state index contributed by atoms with van der Waals surface area (Å²) in [6.07, 6.45) is 27.5. The zero-order valence-electron chi connectivity index (χ0n) is 27.6. The van der Waals surface area contributed by atoms with Crippen LogP contribution in [0.3, 0.4) is 0 Å². The fourth-order valence-electron chi connectivity index (χ4n) is 7.77. The van der Waals surface area contributed by atoms with E-state index in [0.29, 0.717) is 0 Å². The lowest BCUT2D eigenvalue weighted by Crippen LogP contribution is -2.30. The Kier molecular flexibility index (Phi) is 9.11. The number of aryl methyl sites for hydroxylation is 1. The first-order valence-electron chi connectivity index (χ1n) is 17.4. The van der Waals surface area contributed by atoms with Crippen molar-refractivity contribution in [1.82, 2.24) is 9.97 Å². The second-order valence-electron chi connectivity index (χ2n) is 13.1. The van der Waals surface area contributed by atoms with Gasteiger partial charge in [-0.3, -0.25) is 0 Å². The van der Waals surface area contributed by atoms with Gasteiger partial charge in [-0.15, -0.1) is 0 Å². The number of hydrogen-bond acceptors (Lipinski definition) is 2. The third-order valence-corrected chi connectivity index (χ3v) is 10.2. The van der Waals surface area contributed by atoms with Gasteiger partial charge < -0.3 is 0 Å². The van der Waals surface area contributed by atoms with Gasteiger partial charge >= 0.3 is 0 Å². The normalized spacial score (nSPS) is 17.6. The summed E-state index contributed by atoms with van der Waals surface area (Å²) in [6, 6.07) is 29.8. The fraction of sp³-hybridized carbons (Fsp3) is 0.244. The number of allylic oxidation sites excluding steroid dienone is 10. The summed E-state index contributed by atoms with van der Waals surface area (Å²) in [4.78, 5) is 10.1. The second kappa shape index (κ2) is 13.9. The fourth-order valence-corrected chi connectivity index (χ4v) is 7.77. The quantitative estimate of drug-likeness (QED) is 0.185. The van der Waals surface area contributed by atoms with E-state index in [0.717, 1.165) is 59.6 Å². The van der Waals surface area contributed by atoms with Gasteiger partial charge in [-0.2, -0.15) is 0 Å². The van der Waals surface area contributed by atoms with Crippen molar-refractivity contribution in [2.24, 2.45) is 0 Å². The molecule has 0 unspecified atom stereocenters. The summed E-state index contributed by atoms with van der Waals surface area (Å²) in [6.45, 7) is 5.98. The lowest BCUT2D eigenvalue weighted by Gasteiger charge is -2.39. The average molecular weight is 613 g/mol. The molecule has 234 valence electrons. The molecule has 47 heavy (non-hydrogen) atoms. The van der Waals surface area contributed by atoms with Crippen molar-refractivity contribution in [2.45, 2.75) is 70.1 Å². The molecule has 2 heteroatoms. The minimum atomic E-state index is 0.0274. The van der Waals surface area contributed by atoms with Gasteiger partial charge in [0, 0.05) is 16.6 Å². The number of fused-ring (bicyclic) bond motifs is 1. The SMILES string of the molecule is C=C/C=C(\C=C/C)c1cc(-c2ccc(C3(c4ccc(C5=CCCc6ccccc65)cc4)CCCCC3)cc2)nc(C2=CCCC=C2)n1. The third kappa shape index (κ3) is 6.30. The largest absolute Gasteiger partial charge is 0.228 e. The average Bonchev–Trinajstić information content (AvgIpc) is 3.15. The second-order valence-corrected chi connectivity index (χ2v) is 13.1. The van der Waals surface area contributed by atoms with E-state index in [1.807, 2.05) is 25.2 Å². The number of benzene rings is 3. The van der Waals surface area contributed by atoms with Gasteiger partial charge in [0.15, 0.2) is 5.82 Å². The molecule has 3 aromatic carbocycles. The number of aromatic nitrogens is 2. The first-order chi connectivity index (χ1) is 23.2. The summed E-state index contributed by atoms with van der Waals surface area (Å²) >= 11 is 0. The summed E-state index contributed by atoms with van der Waals surface area (Å²) < 4.78 is 0. The van der Waals surface area contributed by atoms with Crippen molar-refractivity contribution in [3.05, 3.63) is 173 Å². The van der Waals surface area contributed by atoms with Crippen molar-refractivity contribution in [3.63, 3.8) is 0 Å². The zero-order chi connectivity index (χ0) is 32.1. The number of nitrogens with zero attached hydrogens (tertiary/aromatic N) is 2. The smallest absolute Gasteiger partial charge is 0.160 e. The highest BCUT2D eigenvalue weighted by Crippen LogP contribution is 2.46. The molecule has 0 radical (unpaired) electrons. The highest BCUT2D eigenvalue weighted by atomic mass is 14.9. The van der Waals surface area contributed by atoms with Gasteiger partial charge in [0.25, 0.3) is 0 Å². The van der Waals surface area contributed by atoms with E-state index < -0.39 is 0 Å². The Morgan fingerprint density at radius 2 is 1.53 bits per heavy atom. The van der Waals surface area contributed by atoms with Crippen LogP contribution < -0.4 is 0 Å². The topological polar surface area (TPSA) is 25.8 Å². The van der Waals surface area contributed by atoms with Crippen molar-refractivity contribution in [3.8, 4) is 11.3 Å². The predicted molar refractivity (Wildman–Crippen MR) is 199 cm³/mol. The molecule has 0 amide bonds. The van der Waals surface area contributed by atoms with Crippen LogP contribution in [0.1, 0.15) is 97.6 Å². The van der Waals surface area contributed by atoms with E-state index in [2.05, 4.69) is 116 Å². The van der Waals surface area contributed by atoms with Gasteiger partial charge in [0.1, 0.15) is 0 Å². The molecule has 3 aliphatic carbocycles. The molecule has 0 aliphatic heterocycles. The van der Waals surface area contributed by atoms with Crippen LogP contribution in [-0.4, -0.2) is 9.97 Å². The highest BCUT2D eigenvalue weighted by molar-refractivity contribution is 5.83. The van der Waals surface area contributed by atoms with Gasteiger partial charge in [-0.1, -0.05) is 147 Å². The van der Waals surface area contributed by atoms with Gasteiger partial charge in [-0.25, -0.2) is 9.97 Å². The lowest BCUT2D eigenvalue weighted by molar-refractivity contribution is 0.346. The van der Waals surface area contributed by atoms with Gasteiger partial charge in [0.2, 0.25) is 0 Å². The Morgan fingerprint density at radius 1 is 0.787 bits per heavy atom. The minimum Gasteiger partial charge on any atom is -0.228 e. The number of hydrogen-bond donors (Lipinski definition) is 0. The maximum Gasteiger partial charge on any atom is 0.160 e. The molecule has 0 spiro atoms. The molecule has 7 rings (SSSR count). The molecular formula is C45H44N2. The lowest BCUT2D eigenvalue weighted by atomic mass is 9.65. The van der Waals surface area contributed by atoms with Crippen molar-refractivity contribution in [2.75, 3.05) is 0 Å². The summed E-state index contributed by atoms with van der Waals surface area (Å²) in [5, 5.41) is 0. The Balaban J connectivity index is 1.24. The van der Waals surface area contributed by atoms with E-state index in [4.69, 9.17) is 9.97 Å². The molecule has 0 atom stereocenters. The maximum absolute atomic E-state index is 5.10. The maximum atomic E-state index is 5.10. The Bertz CT molecular complexity index is 1910. The summed E-state index contributed by atoms with van der Waals surface area (Å²) in [5.41, 5.74) is 13.5. The Morgan fingerprint density at radius 3 is 2.23 bits per heavy atom. The van der Waals surface area contributed by atoms with Gasteiger partial charge in [0.05, 0.1) is 11.4 Å². The zero-order valence-corrected chi connectivity index (χ0v) is 27.6. The molecule has 3 aliphatic rings. The molecule has 0 saturated heterocycles. The van der Waals surface area contributed by atoms with Crippen molar-refractivity contribution in [1.29, 1.82) is 0 Å². The van der Waals surface area contributed by atoms with E-state index in [1.54, 1.807) is 0 Å². The van der Waals surface area contributed by atoms with Crippen LogP contribution in [0.2, 0.25) is 0 Å². The molecule has 1 aromatic heterocycles. The third-order valence-electron chi connectivity index (χ3n) is 10.2. The van der Waals surface area contributed by atoms with E-state index in [9.17, 15) is 0 Å². The predicted octanol–water partition coefficient (Wildman–Crippen LogP) is 11.7. The van der Waals surface area contributed by atoms with Crippen LogP contribution in [0.5, 0.6) is 0 Å². The number of rotatable bonds is 8. The van der Waals surface area contributed by atoms with E-state index in [1.165, 1.54) is 65.5 Å². The summed E-state index contributed by atoms with van der Waals surface area (Å²) in [5.74, 6) is 0.775. The molecule has 2 nitrogen and oxygen atoms in total. The monoisotopic (exact) mass is 612 g/mol. The van der Waals surface area contributed by atoms with Crippen molar-refractivity contribution >= 4 is 16.7 Å². The summed E-state index contributed by atoms with van der Waals surface area (Å²) in [7, 11) is 0. The van der Waals surface area contributed by atoms with Crippen LogP contribution in [0.4, 0.5) is 0 Å². The molecule has 1 heterocycles. The van der Waals surface area contributed by atoms with Crippen LogP contribution in [-0.2, 0) is 11.8 Å². The molecule has 0 N–H and O–H groups in total. The molecule has 1 fully saturated rings. The van der Waals surface area contributed by atoms with Gasteiger partial charge in [-0.05, 0) is 90.5 Å². The van der Waals surface area contributed by atoms with Crippen LogP contribution >= 0.6 is 0 Å². The molecular weight excluding hydrogens is 569 g/mol. The highest BCUT2D eigenvalue weighted by Gasteiger charge is 2.35. The van der Waals surface area contributed by atoms with Crippen molar-refractivity contribution < 1.29 is 0 Å².